The first-order valence-electron chi connectivity index (χ1n) is 10.4. The van der Waals surface area contributed by atoms with Gasteiger partial charge in [-0.25, -0.2) is 8.97 Å². The Balaban J connectivity index is 1.85. The van der Waals surface area contributed by atoms with Crippen molar-refractivity contribution >= 4 is 39.1 Å². The monoisotopic (exact) mass is 452 g/mol. The predicted molar refractivity (Wildman–Crippen MR) is 127 cm³/mol. The fourth-order valence-corrected chi connectivity index (χ4v) is 5.99. The third-order valence-corrected chi connectivity index (χ3v) is 7.82. The van der Waals surface area contributed by atoms with E-state index in [-0.39, 0.29) is 11.7 Å². The number of fused-ring (bicyclic) bond motifs is 5. The SMILES string of the molecule is C=CCSc1nnc2n(-c3ccc(C)cc3)c(=O)c3c4c(sc3n12)COC(C(C)C)C4. The molecule has 0 saturated carbocycles. The van der Waals surface area contributed by atoms with Crippen LogP contribution in [0.2, 0.25) is 0 Å². The van der Waals surface area contributed by atoms with Crippen LogP contribution < -0.4 is 5.56 Å². The lowest BCUT2D eigenvalue weighted by Crippen LogP contribution is -2.28. The van der Waals surface area contributed by atoms with Crippen molar-refractivity contribution in [3.63, 3.8) is 0 Å². The number of ether oxygens (including phenoxy) is 1. The van der Waals surface area contributed by atoms with E-state index >= 15 is 0 Å². The maximum atomic E-state index is 13.9. The largest absolute Gasteiger partial charge is 0.372 e. The highest BCUT2D eigenvalue weighted by Crippen LogP contribution is 2.37. The highest BCUT2D eigenvalue weighted by molar-refractivity contribution is 7.99. The van der Waals surface area contributed by atoms with E-state index in [1.54, 1.807) is 27.7 Å². The molecule has 8 heteroatoms. The van der Waals surface area contributed by atoms with Crippen molar-refractivity contribution < 1.29 is 4.74 Å². The van der Waals surface area contributed by atoms with Gasteiger partial charge in [0.25, 0.3) is 5.56 Å². The van der Waals surface area contributed by atoms with Crippen molar-refractivity contribution in [2.75, 3.05) is 5.75 Å². The van der Waals surface area contributed by atoms with Crippen molar-refractivity contribution in [3.05, 3.63) is 63.3 Å². The van der Waals surface area contributed by atoms with Crippen LogP contribution in [0.5, 0.6) is 0 Å². The zero-order chi connectivity index (χ0) is 21.7. The number of thiophene rings is 1. The molecule has 1 aromatic carbocycles. The van der Waals surface area contributed by atoms with Crippen LogP contribution in [0.15, 0.2) is 46.9 Å². The predicted octanol–water partition coefficient (Wildman–Crippen LogP) is 4.78. The smallest absolute Gasteiger partial charge is 0.268 e. The molecule has 4 heterocycles. The average Bonchev–Trinajstić information content (AvgIpc) is 3.34. The second-order valence-electron chi connectivity index (χ2n) is 8.18. The molecule has 0 spiro atoms. The maximum absolute atomic E-state index is 13.9. The quantitative estimate of drug-likeness (QED) is 0.322. The van der Waals surface area contributed by atoms with Crippen LogP contribution in [0.3, 0.4) is 0 Å². The summed E-state index contributed by atoms with van der Waals surface area (Å²) in [6.07, 6.45) is 2.71. The normalized spacial score (nSPS) is 16.3. The van der Waals surface area contributed by atoms with E-state index in [0.717, 1.165) is 49.2 Å². The number of rotatable bonds is 5. The molecule has 1 aliphatic heterocycles. The van der Waals surface area contributed by atoms with Crippen LogP contribution in [0, 0.1) is 12.8 Å². The third-order valence-electron chi connectivity index (χ3n) is 5.71. The van der Waals surface area contributed by atoms with Gasteiger partial charge in [-0.2, -0.15) is 0 Å². The highest BCUT2D eigenvalue weighted by atomic mass is 32.2. The summed E-state index contributed by atoms with van der Waals surface area (Å²) in [5, 5.41) is 10.4. The van der Waals surface area contributed by atoms with Crippen molar-refractivity contribution in [1.82, 2.24) is 19.2 Å². The first-order valence-corrected chi connectivity index (χ1v) is 12.2. The van der Waals surface area contributed by atoms with Gasteiger partial charge >= 0.3 is 0 Å². The summed E-state index contributed by atoms with van der Waals surface area (Å²) >= 11 is 3.19. The van der Waals surface area contributed by atoms with Crippen LogP contribution in [-0.2, 0) is 17.8 Å². The summed E-state index contributed by atoms with van der Waals surface area (Å²) < 4.78 is 9.81. The van der Waals surface area contributed by atoms with E-state index < -0.39 is 0 Å². The van der Waals surface area contributed by atoms with Gasteiger partial charge in [0.05, 0.1) is 23.8 Å². The van der Waals surface area contributed by atoms with Crippen LogP contribution in [-0.4, -0.2) is 31.0 Å². The topological polar surface area (TPSA) is 61.4 Å². The molecule has 0 fully saturated rings. The molecule has 6 nitrogen and oxygen atoms in total. The van der Waals surface area contributed by atoms with Crippen molar-refractivity contribution in [3.8, 4) is 5.69 Å². The van der Waals surface area contributed by atoms with Crippen molar-refractivity contribution in [1.29, 1.82) is 0 Å². The van der Waals surface area contributed by atoms with Crippen LogP contribution in [0.25, 0.3) is 21.7 Å². The molecule has 1 atom stereocenters. The fraction of sp³-hybridized carbons (Fsp3) is 0.348. The summed E-state index contributed by atoms with van der Waals surface area (Å²) in [7, 11) is 0. The van der Waals surface area contributed by atoms with Crippen LogP contribution in [0.1, 0.15) is 29.9 Å². The van der Waals surface area contributed by atoms with Gasteiger partial charge in [0.1, 0.15) is 4.83 Å². The van der Waals surface area contributed by atoms with Gasteiger partial charge < -0.3 is 4.74 Å². The number of hydrogen-bond acceptors (Lipinski definition) is 6. The zero-order valence-corrected chi connectivity index (χ0v) is 19.4. The Kier molecular flexibility index (Phi) is 5.24. The summed E-state index contributed by atoms with van der Waals surface area (Å²) in [6.45, 7) is 10.7. The zero-order valence-electron chi connectivity index (χ0n) is 17.8. The Morgan fingerprint density at radius 2 is 2.10 bits per heavy atom. The summed E-state index contributed by atoms with van der Waals surface area (Å²) in [5.41, 5.74) is 3.01. The van der Waals surface area contributed by atoms with Crippen molar-refractivity contribution in [2.45, 2.75) is 45.1 Å². The third kappa shape index (κ3) is 3.33. The Bertz CT molecular complexity index is 1350. The molecule has 0 amide bonds. The van der Waals surface area contributed by atoms with Gasteiger partial charge in [0.2, 0.25) is 5.78 Å². The molecule has 0 saturated heterocycles. The van der Waals surface area contributed by atoms with E-state index in [2.05, 4.69) is 30.6 Å². The van der Waals surface area contributed by atoms with E-state index in [9.17, 15) is 4.79 Å². The van der Waals surface area contributed by atoms with E-state index in [4.69, 9.17) is 4.74 Å². The number of hydrogen-bond donors (Lipinski definition) is 0. The minimum atomic E-state index is -0.0408. The average molecular weight is 453 g/mol. The molecule has 4 aromatic rings. The van der Waals surface area contributed by atoms with Gasteiger partial charge in [0.15, 0.2) is 5.16 Å². The van der Waals surface area contributed by atoms with E-state index in [1.807, 2.05) is 41.7 Å². The Labute approximate surface area is 188 Å². The Hall–Kier alpha value is -2.42. The van der Waals surface area contributed by atoms with Gasteiger partial charge in [0, 0.05) is 17.1 Å². The van der Waals surface area contributed by atoms with E-state index in [1.165, 1.54) is 0 Å². The molecular weight excluding hydrogens is 428 g/mol. The molecule has 0 N–H and O–H groups in total. The number of aromatic nitrogens is 4. The number of aryl methyl sites for hydroxylation is 1. The van der Waals surface area contributed by atoms with Crippen LogP contribution >= 0.6 is 23.1 Å². The molecule has 0 radical (unpaired) electrons. The molecule has 1 unspecified atom stereocenters. The number of thioether (sulfide) groups is 1. The second kappa shape index (κ2) is 7.93. The summed E-state index contributed by atoms with van der Waals surface area (Å²) in [4.78, 5) is 15.9. The molecular formula is C23H24N4O2S2. The van der Waals surface area contributed by atoms with E-state index in [0.29, 0.717) is 18.3 Å². The molecule has 5 rings (SSSR count). The molecule has 31 heavy (non-hydrogen) atoms. The lowest BCUT2D eigenvalue weighted by molar-refractivity contribution is 0.00200. The number of nitrogens with zero attached hydrogens (tertiary/aromatic N) is 4. The minimum Gasteiger partial charge on any atom is -0.372 e. The van der Waals surface area contributed by atoms with Gasteiger partial charge in [-0.15, -0.1) is 28.1 Å². The van der Waals surface area contributed by atoms with Gasteiger partial charge in [-0.3, -0.25) is 4.79 Å². The standard InChI is InChI=1S/C23H24N4O2S2/c1-5-10-30-23-25-24-22-26(15-8-6-14(4)7-9-15)20(28)19-16-11-17(13(2)3)29-12-18(16)31-21(19)27(22)23/h5-9,13,17H,1,10-12H2,2-4H3. The Morgan fingerprint density at radius 3 is 2.81 bits per heavy atom. The molecule has 1 aliphatic rings. The van der Waals surface area contributed by atoms with Gasteiger partial charge in [-0.1, -0.05) is 49.4 Å². The molecule has 0 aliphatic carbocycles. The first kappa shape index (κ1) is 20.5. The second-order valence-corrected chi connectivity index (χ2v) is 10.2. The highest BCUT2D eigenvalue weighted by Gasteiger charge is 2.30. The lowest BCUT2D eigenvalue weighted by Gasteiger charge is -2.26. The summed E-state index contributed by atoms with van der Waals surface area (Å²) in [5.74, 6) is 1.64. The molecule has 160 valence electrons. The summed E-state index contributed by atoms with van der Waals surface area (Å²) in [6, 6.07) is 7.95. The fourth-order valence-electron chi connectivity index (χ4n) is 4.02. The minimum absolute atomic E-state index is 0.0408. The van der Waals surface area contributed by atoms with Crippen LogP contribution in [0.4, 0.5) is 0 Å². The van der Waals surface area contributed by atoms with Gasteiger partial charge in [-0.05, 0) is 30.5 Å². The number of benzene rings is 1. The molecule has 3 aromatic heterocycles. The first-order chi connectivity index (χ1) is 15.0. The Morgan fingerprint density at radius 1 is 1.32 bits per heavy atom. The lowest BCUT2D eigenvalue weighted by atomic mass is 9.96. The molecule has 0 bridgehead atoms. The maximum Gasteiger partial charge on any atom is 0.268 e. The van der Waals surface area contributed by atoms with Crippen molar-refractivity contribution in [2.24, 2.45) is 5.92 Å².